The highest BCUT2D eigenvalue weighted by atomic mass is 32.1. The third kappa shape index (κ3) is 3.67. The van der Waals surface area contributed by atoms with E-state index in [-0.39, 0.29) is 0 Å². The highest BCUT2D eigenvalue weighted by Gasteiger charge is 2.44. The Labute approximate surface area is 173 Å². The summed E-state index contributed by atoms with van der Waals surface area (Å²) in [7, 11) is 0. The zero-order chi connectivity index (χ0) is 21.6. The van der Waals surface area contributed by atoms with Crippen molar-refractivity contribution in [1.29, 1.82) is 0 Å². The summed E-state index contributed by atoms with van der Waals surface area (Å²) in [4.78, 5) is 28.9. The minimum absolute atomic E-state index is 0.371. The number of aryl methyl sites for hydroxylation is 1. The lowest BCUT2D eigenvalue weighted by atomic mass is 9.99. The number of aromatic nitrogens is 2. The predicted molar refractivity (Wildman–Crippen MR) is 108 cm³/mol. The normalized spacial score (nSPS) is 26.8. The smallest absolute Gasteiger partial charge is 0.326 e. The molecule has 1 aromatic carbocycles. The van der Waals surface area contributed by atoms with E-state index >= 15 is 0 Å². The van der Waals surface area contributed by atoms with Crippen LogP contribution in [-0.2, 0) is 4.74 Å². The van der Waals surface area contributed by atoms with E-state index in [0.29, 0.717) is 21.5 Å². The third-order valence-corrected chi connectivity index (χ3v) is 6.15. The van der Waals surface area contributed by atoms with Crippen molar-refractivity contribution in [3.8, 4) is 16.2 Å². The summed E-state index contributed by atoms with van der Waals surface area (Å²) in [5, 5.41) is 39.2. The summed E-state index contributed by atoms with van der Waals surface area (Å²) in [6.45, 7) is 1.22. The molecule has 160 valence electrons. The molecule has 0 spiro atoms. The molecular formula is C19H20N2O8S. The summed E-state index contributed by atoms with van der Waals surface area (Å²) in [5.41, 5.74) is 0.892. The summed E-state index contributed by atoms with van der Waals surface area (Å²) in [5.74, 6) is 0.371. The van der Waals surface area contributed by atoms with E-state index in [9.17, 15) is 30.0 Å². The number of rotatable bonds is 4. The van der Waals surface area contributed by atoms with Crippen LogP contribution in [0.1, 0.15) is 5.56 Å². The van der Waals surface area contributed by atoms with Crippen LogP contribution in [0, 0.1) is 6.92 Å². The maximum absolute atomic E-state index is 11.9. The van der Waals surface area contributed by atoms with E-state index in [2.05, 4.69) is 9.97 Å². The highest BCUT2D eigenvalue weighted by Crippen LogP contribution is 2.34. The van der Waals surface area contributed by atoms with Gasteiger partial charge in [-0.15, -0.1) is 11.3 Å². The lowest BCUT2D eigenvalue weighted by molar-refractivity contribution is -0.277. The second-order valence-corrected chi connectivity index (χ2v) is 8.11. The number of fused-ring (bicyclic) bond motifs is 1. The van der Waals surface area contributed by atoms with Gasteiger partial charge in [0, 0.05) is 4.88 Å². The van der Waals surface area contributed by atoms with Crippen molar-refractivity contribution in [3.63, 3.8) is 0 Å². The average molecular weight is 436 g/mol. The third-order valence-electron chi connectivity index (χ3n) is 4.96. The van der Waals surface area contributed by atoms with Gasteiger partial charge in [-0.2, -0.15) is 0 Å². The SMILES string of the molecule is Cc1cc(-c2cc3[nH]c(=O)[nH]c(=O)c3s2)ccc1OC1OC(CO)C(O)C(O)C1O. The van der Waals surface area contributed by atoms with Gasteiger partial charge in [0.2, 0.25) is 6.29 Å². The second-order valence-electron chi connectivity index (χ2n) is 7.06. The van der Waals surface area contributed by atoms with Gasteiger partial charge in [-0.05, 0) is 42.3 Å². The average Bonchev–Trinajstić information content (AvgIpc) is 3.14. The number of nitrogens with one attached hydrogen (secondary N) is 2. The fraction of sp³-hybridized carbons (Fsp3) is 0.368. The Kier molecular flexibility index (Phi) is 5.49. The van der Waals surface area contributed by atoms with Gasteiger partial charge in [0.05, 0.1) is 12.1 Å². The molecule has 3 heterocycles. The minimum atomic E-state index is -1.53. The minimum Gasteiger partial charge on any atom is -0.462 e. The summed E-state index contributed by atoms with van der Waals surface area (Å²) >= 11 is 1.23. The molecule has 1 fully saturated rings. The lowest BCUT2D eigenvalue weighted by Gasteiger charge is -2.39. The first kappa shape index (κ1) is 20.7. The Hall–Kier alpha value is -2.54. The molecule has 30 heavy (non-hydrogen) atoms. The van der Waals surface area contributed by atoms with Crippen LogP contribution in [0.5, 0.6) is 5.75 Å². The molecule has 5 atom stereocenters. The van der Waals surface area contributed by atoms with Crippen LogP contribution in [0.3, 0.4) is 0 Å². The number of hydrogen-bond acceptors (Lipinski definition) is 9. The molecule has 4 rings (SSSR count). The molecule has 0 bridgehead atoms. The molecule has 3 aromatic rings. The van der Waals surface area contributed by atoms with Crippen molar-refractivity contribution in [2.24, 2.45) is 0 Å². The van der Waals surface area contributed by atoms with Crippen molar-refractivity contribution in [2.45, 2.75) is 37.6 Å². The Morgan fingerprint density at radius 3 is 2.57 bits per heavy atom. The number of ether oxygens (including phenoxy) is 2. The molecule has 10 nitrogen and oxygen atoms in total. The van der Waals surface area contributed by atoms with Crippen LogP contribution in [0.15, 0.2) is 33.9 Å². The molecule has 0 amide bonds. The fourth-order valence-electron chi connectivity index (χ4n) is 3.33. The molecule has 5 unspecified atom stereocenters. The first-order valence-electron chi connectivity index (χ1n) is 9.13. The van der Waals surface area contributed by atoms with Crippen LogP contribution >= 0.6 is 11.3 Å². The van der Waals surface area contributed by atoms with Gasteiger partial charge in [-0.25, -0.2) is 4.79 Å². The molecule has 0 aliphatic carbocycles. The van der Waals surface area contributed by atoms with Crippen molar-refractivity contribution in [3.05, 3.63) is 50.7 Å². The van der Waals surface area contributed by atoms with Crippen LogP contribution in [0.4, 0.5) is 0 Å². The summed E-state index contributed by atoms with van der Waals surface area (Å²) < 4.78 is 11.5. The van der Waals surface area contributed by atoms with E-state index in [1.807, 2.05) is 0 Å². The molecular weight excluding hydrogens is 416 g/mol. The van der Waals surface area contributed by atoms with E-state index in [1.54, 1.807) is 31.2 Å². The molecule has 0 saturated carbocycles. The van der Waals surface area contributed by atoms with Crippen molar-refractivity contribution < 1.29 is 29.9 Å². The van der Waals surface area contributed by atoms with Crippen molar-refractivity contribution in [2.75, 3.05) is 6.61 Å². The lowest BCUT2D eigenvalue weighted by Crippen LogP contribution is -2.60. The number of aliphatic hydroxyl groups excluding tert-OH is 4. The van der Waals surface area contributed by atoms with Gasteiger partial charge >= 0.3 is 5.69 Å². The quantitative estimate of drug-likeness (QED) is 0.316. The van der Waals surface area contributed by atoms with Crippen molar-refractivity contribution >= 4 is 21.6 Å². The number of aromatic amines is 2. The zero-order valence-corrected chi connectivity index (χ0v) is 16.5. The van der Waals surface area contributed by atoms with E-state index in [0.717, 1.165) is 10.4 Å². The Morgan fingerprint density at radius 2 is 1.87 bits per heavy atom. The molecule has 2 aromatic heterocycles. The summed E-state index contributed by atoms with van der Waals surface area (Å²) in [6, 6.07) is 6.90. The summed E-state index contributed by atoms with van der Waals surface area (Å²) in [6.07, 6.45) is -6.84. The molecule has 11 heteroatoms. The maximum Gasteiger partial charge on any atom is 0.326 e. The first-order chi connectivity index (χ1) is 14.3. The Bertz CT molecular complexity index is 1180. The second kappa shape index (κ2) is 7.95. The van der Waals surface area contributed by atoms with Crippen LogP contribution in [0.2, 0.25) is 0 Å². The van der Waals surface area contributed by atoms with Crippen LogP contribution < -0.4 is 16.0 Å². The highest BCUT2D eigenvalue weighted by molar-refractivity contribution is 7.22. The van der Waals surface area contributed by atoms with Crippen LogP contribution in [0.25, 0.3) is 20.7 Å². The van der Waals surface area contributed by atoms with Gasteiger partial charge in [0.25, 0.3) is 5.56 Å². The molecule has 0 radical (unpaired) electrons. The number of thiophene rings is 1. The number of H-pyrrole nitrogens is 2. The standard InChI is InChI=1S/C19H20N2O8S/c1-7-4-8(12-5-9-16(30-12)17(26)21-19(27)20-9)2-3-10(7)28-18-15(25)14(24)13(23)11(6-22)29-18/h2-5,11,13-15,18,22-25H,6H2,1H3,(H2,20,21,26,27). The maximum atomic E-state index is 11.9. The number of benzene rings is 1. The predicted octanol–water partition coefficient (Wildman–Crippen LogP) is -0.568. The van der Waals surface area contributed by atoms with Crippen LogP contribution in [-0.4, -0.2) is 67.7 Å². The van der Waals surface area contributed by atoms with Gasteiger partial charge in [0.15, 0.2) is 0 Å². The monoisotopic (exact) mass is 436 g/mol. The zero-order valence-electron chi connectivity index (χ0n) is 15.7. The van der Waals surface area contributed by atoms with Gasteiger partial charge < -0.3 is 34.9 Å². The Morgan fingerprint density at radius 1 is 1.10 bits per heavy atom. The molecule has 1 aliphatic heterocycles. The van der Waals surface area contributed by atoms with Gasteiger partial charge in [-0.3, -0.25) is 9.78 Å². The molecule has 1 aliphatic rings. The van der Waals surface area contributed by atoms with E-state index in [4.69, 9.17) is 9.47 Å². The molecule has 6 N–H and O–H groups in total. The first-order valence-corrected chi connectivity index (χ1v) is 9.94. The van der Waals surface area contributed by atoms with E-state index < -0.39 is 48.6 Å². The topological polar surface area (TPSA) is 165 Å². The fourth-order valence-corrected chi connectivity index (χ4v) is 4.34. The number of hydrogen-bond donors (Lipinski definition) is 6. The van der Waals surface area contributed by atoms with E-state index in [1.165, 1.54) is 11.3 Å². The van der Waals surface area contributed by atoms with Gasteiger partial charge in [-0.1, -0.05) is 0 Å². The number of aliphatic hydroxyl groups is 4. The molecule has 1 saturated heterocycles. The largest absolute Gasteiger partial charge is 0.462 e. The Balaban J connectivity index is 1.60. The van der Waals surface area contributed by atoms with Gasteiger partial charge in [0.1, 0.15) is 34.9 Å². The van der Waals surface area contributed by atoms with Crippen molar-refractivity contribution in [1.82, 2.24) is 9.97 Å².